The van der Waals surface area contributed by atoms with E-state index in [1.54, 1.807) is 6.07 Å². The molecule has 42 heavy (non-hydrogen) atoms. The van der Waals surface area contributed by atoms with Crippen molar-refractivity contribution < 1.29 is 29.3 Å². The van der Waals surface area contributed by atoms with Gasteiger partial charge in [-0.25, -0.2) is 15.6 Å². The van der Waals surface area contributed by atoms with Crippen molar-refractivity contribution in [3.63, 3.8) is 0 Å². The molecule has 0 saturated carbocycles. The summed E-state index contributed by atoms with van der Waals surface area (Å²) < 4.78 is 5.70. The van der Waals surface area contributed by atoms with Crippen molar-refractivity contribution >= 4 is 28.7 Å². The lowest BCUT2D eigenvalue weighted by Gasteiger charge is -2.21. The molecule has 5 rings (SSSR count). The van der Waals surface area contributed by atoms with Crippen LogP contribution in [0.3, 0.4) is 0 Å². The summed E-state index contributed by atoms with van der Waals surface area (Å²) in [7, 11) is 0. The summed E-state index contributed by atoms with van der Waals surface area (Å²) in [6.07, 6.45) is 3.86. The van der Waals surface area contributed by atoms with Crippen LogP contribution in [0.15, 0.2) is 66.9 Å². The van der Waals surface area contributed by atoms with E-state index in [0.29, 0.717) is 49.0 Å². The summed E-state index contributed by atoms with van der Waals surface area (Å²) in [6, 6.07) is 17.6. The number of fused-ring (bicyclic) bond motifs is 1. The number of benzene rings is 2. The number of nitrogens with two attached hydrogens (primary N) is 1. The van der Waals surface area contributed by atoms with Crippen LogP contribution in [-0.4, -0.2) is 68.7 Å². The third-order valence-electron chi connectivity index (χ3n) is 7.28. The Morgan fingerprint density at radius 2 is 1.69 bits per heavy atom. The number of aliphatic hydroxyl groups is 1. The largest absolute Gasteiger partial charge is 0.494 e. The van der Waals surface area contributed by atoms with Gasteiger partial charge in [-0.3, -0.25) is 20.0 Å². The van der Waals surface area contributed by atoms with Crippen LogP contribution >= 0.6 is 0 Å². The molecule has 216 valence electrons. The fraction of sp³-hybridized carbons (Fsp3) is 0.258. The van der Waals surface area contributed by atoms with Crippen LogP contribution in [0.25, 0.3) is 33.3 Å². The van der Waals surface area contributed by atoms with E-state index in [9.17, 15) is 19.5 Å². The Kier molecular flexibility index (Phi) is 8.70. The molecule has 2 amide bonds. The van der Waals surface area contributed by atoms with Gasteiger partial charge < -0.3 is 19.8 Å². The highest BCUT2D eigenvalue weighted by molar-refractivity contribution is 6.08. The molecule has 2 aromatic heterocycles. The second kappa shape index (κ2) is 12.8. The number of carboxylic acids is 1. The van der Waals surface area contributed by atoms with Gasteiger partial charge in [-0.2, -0.15) is 0 Å². The Labute approximate surface area is 241 Å². The number of carbonyl (C=O) groups is 3. The summed E-state index contributed by atoms with van der Waals surface area (Å²) in [5, 5.41) is 18.8. The second-order valence-electron chi connectivity index (χ2n) is 9.99. The van der Waals surface area contributed by atoms with Crippen molar-refractivity contribution in [1.29, 1.82) is 0 Å². The molecule has 1 aliphatic heterocycles. The fourth-order valence-electron chi connectivity index (χ4n) is 5.05. The molecular formula is C31H31N5O6. The number of pyridine rings is 2. The van der Waals surface area contributed by atoms with Gasteiger partial charge in [-0.1, -0.05) is 36.4 Å². The van der Waals surface area contributed by atoms with E-state index in [0.717, 1.165) is 28.9 Å². The number of hydrazine groups is 1. The average Bonchev–Trinajstić information content (AvgIpc) is 3.53. The topological polar surface area (TPSA) is 168 Å². The van der Waals surface area contributed by atoms with E-state index in [4.69, 9.17) is 20.7 Å². The molecule has 0 radical (unpaired) electrons. The first-order chi connectivity index (χ1) is 20.4. The van der Waals surface area contributed by atoms with E-state index in [1.807, 2.05) is 48.5 Å². The van der Waals surface area contributed by atoms with E-state index in [2.05, 4.69) is 10.4 Å². The summed E-state index contributed by atoms with van der Waals surface area (Å²) in [4.78, 5) is 47.7. The number of unbranched alkanes of at least 4 members (excludes halogenated alkanes) is 1. The van der Waals surface area contributed by atoms with E-state index in [1.165, 1.54) is 17.2 Å². The number of rotatable bonds is 10. The number of aromatic nitrogens is 2. The van der Waals surface area contributed by atoms with Crippen LogP contribution in [0.1, 0.15) is 46.5 Å². The molecule has 0 aliphatic carbocycles. The molecule has 1 aliphatic rings. The lowest BCUT2D eigenvalue weighted by molar-refractivity contribution is -0.141. The van der Waals surface area contributed by atoms with Crippen molar-refractivity contribution in [2.75, 3.05) is 19.8 Å². The number of carbonyl (C=O) groups excluding carboxylic acids is 2. The van der Waals surface area contributed by atoms with Gasteiger partial charge in [0.25, 0.3) is 11.8 Å². The number of nitrogens with one attached hydrogen (secondary N) is 1. The Morgan fingerprint density at radius 3 is 2.36 bits per heavy atom. The van der Waals surface area contributed by atoms with Crippen LogP contribution in [-0.2, 0) is 4.79 Å². The molecule has 2 aromatic carbocycles. The highest BCUT2D eigenvalue weighted by atomic mass is 16.5. The van der Waals surface area contributed by atoms with E-state index < -0.39 is 23.8 Å². The maximum Gasteiger partial charge on any atom is 0.326 e. The van der Waals surface area contributed by atoms with Crippen LogP contribution in [0.4, 0.5) is 0 Å². The molecule has 3 heterocycles. The Balaban J connectivity index is 1.43. The van der Waals surface area contributed by atoms with Crippen molar-refractivity contribution in [3.8, 4) is 28.1 Å². The first-order valence-electron chi connectivity index (χ1n) is 13.7. The molecule has 5 N–H and O–H groups in total. The number of ether oxygens (including phenoxy) is 1. The number of hydrogen-bond acceptors (Lipinski definition) is 8. The van der Waals surface area contributed by atoms with Crippen LogP contribution in [0.2, 0.25) is 0 Å². The number of nitrogen functional groups attached to an aromatic ring is 1. The number of hydrogen-bond donors (Lipinski definition) is 4. The maximum absolute atomic E-state index is 13.2. The van der Waals surface area contributed by atoms with E-state index >= 15 is 0 Å². The zero-order chi connectivity index (χ0) is 29.6. The van der Waals surface area contributed by atoms with Gasteiger partial charge in [0, 0.05) is 30.3 Å². The summed E-state index contributed by atoms with van der Waals surface area (Å²) in [5.74, 6) is 4.12. The second-order valence-corrected chi connectivity index (χ2v) is 9.99. The minimum Gasteiger partial charge on any atom is -0.494 e. The molecule has 0 spiro atoms. The van der Waals surface area contributed by atoms with Crippen LogP contribution in [0.5, 0.6) is 5.75 Å². The quantitative estimate of drug-likeness (QED) is 0.0968. The third-order valence-corrected chi connectivity index (χ3v) is 7.28. The number of aliphatic hydroxyl groups excluding tert-OH is 1. The van der Waals surface area contributed by atoms with Gasteiger partial charge in [0.05, 0.1) is 23.4 Å². The molecule has 0 unspecified atom stereocenters. The van der Waals surface area contributed by atoms with Crippen molar-refractivity contribution in [2.45, 2.75) is 31.7 Å². The average molecular weight is 570 g/mol. The van der Waals surface area contributed by atoms with Gasteiger partial charge in [0.15, 0.2) is 0 Å². The zero-order valence-corrected chi connectivity index (χ0v) is 22.8. The predicted molar refractivity (Wildman–Crippen MR) is 156 cm³/mol. The number of nitrogens with zero attached hydrogens (tertiary/aromatic N) is 3. The first-order valence-corrected chi connectivity index (χ1v) is 13.7. The standard InChI is InChI=1S/C31H31N5O6/c32-35-29(38)23-16-25(21-7-5-19(6-8-21)20-9-11-22(12-10-20)42-15-2-1-14-37)34-26-17-27(33-18-24(23)26)30(39)36-13-3-4-28(36)31(40)41/h5-12,16-18,28,37H,1-4,13-15,32H2,(H,35,38)(H,40,41)/t28-/m0/s1. The normalized spacial score (nSPS) is 14.6. The molecular weight excluding hydrogens is 538 g/mol. The van der Waals surface area contributed by atoms with Gasteiger partial charge >= 0.3 is 5.97 Å². The minimum atomic E-state index is -1.05. The summed E-state index contributed by atoms with van der Waals surface area (Å²) in [6.45, 7) is 1.03. The monoisotopic (exact) mass is 569 g/mol. The molecule has 1 saturated heterocycles. The minimum absolute atomic E-state index is 0.0515. The lowest BCUT2D eigenvalue weighted by atomic mass is 10.0. The highest BCUT2D eigenvalue weighted by Crippen LogP contribution is 2.29. The first kappa shape index (κ1) is 28.7. The predicted octanol–water partition coefficient (Wildman–Crippen LogP) is 3.41. The summed E-state index contributed by atoms with van der Waals surface area (Å²) >= 11 is 0. The Morgan fingerprint density at radius 1 is 1.00 bits per heavy atom. The van der Waals surface area contributed by atoms with E-state index in [-0.39, 0.29) is 17.9 Å². The van der Waals surface area contributed by atoms with Crippen molar-refractivity contribution in [3.05, 3.63) is 78.1 Å². The molecule has 1 atom stereocenters. The molecule has 11 heteroatoms. The van der Waals surface area contributed by atoms with Crippen LogP contribution in [0, 0.1) is 0 Å². The SMILES string of the molecule is NNC(=O)c1cc(-c2ccc(-c3ccc(OCCCCO)cc3)cc2)nc2cc(C(=O)N3CCC[C@H]3C(=O)O)ncc12. The third kappa shape index (κ3) is 6.07. The lowest BCUT2D eigenvalue weighted by Crippen LogP contribution is -2.40. The smallest absolute Gasteiger partial charge is 0.326 e. The zero-order valence-electron chi connectivity index (χ0n) is 22.8. The highest BCUT2D eigenvalue weighted by Gasteiger charge is 2.35. The Bertz CT molecular complexity index is 1610. The Hall–Kier alpha value is -4.87. The maximum atomic E-state index is 13.2. The number of carboxylic acid groups (broad SMARTS) is 1. The molecule has 4 aromatic rings. The van der Waals surface area contributed by atoms with Gasteiger partial charge in [0.2, 0.25) is 0 Å². The van der Waals surface area contributed by atoms with Gasteiger partial charge in [-0.05, 0) is 61.1 Å². The molecule has 0 bridgehead atoms. The number of amides is 2. The molecule has 11 nitrogen and oxygen atoms in total. The van der Waals surface area contributed by atoms with Gasteiger partial charge in [-0.15, -0.1) is 0 Å². The number of aliphatic carboxylic acids is 1. The van der Waals surface area contributed by atoms with Crippen molar-refractivity contribution in [1.82, 2.24) is 20.3 Å². The molecule has 1 fully saturated rings. The van der Waals surface area contributed by atoms with Crippen molar-refractivity contribution in [2.24, 2.45) is 5.84 Å². The summed E-state index contributed by atoms with van der Waals surface area (Å²) in [5.41, 5.74) is 6.00. The van der Waals surface area contributed by atoms with Crippen LogP contribution < -0.4 is 16.0 Å². The number of likely N-dealkylation sites (tertiary alicyclic amines) is 1. The fourth-order valence-corrected chi connectivity index (χ4v) is 5.05. The van der Waals surface area contributed by atoms with Gasteiger partial charge in [0.1, 0.15) is 17.5 Å².